The molecule has 0 aromatic rings. The Kier molecular flexibility index (Phi) is 11.6. The molecule has 0 fully saturated rings. The summed E-state index contributed by atoms with van der Waals surface area (Å²) in [7, 11) is 0. The molecule has 2 atom stereocenters. The molecule has 0 aliphatic carbocycles. The van der Waals surface area contributed by atoms with Gasteiger partial charge in [-0.15, -0.1) is 0 Å². The number of nitrogens with one attached hydrogen (secondary N) is 1. The van der Waals surface area contributed by atoms with Gasteiger partial charge in [-0.25, -0.2) is 0 Å². The molecular weight excluding hydrogens is 242 g/mol. The molecule has 1 nitrogen and oxygen atoms in total. The SMILES string of the molecule is CCCCCCCCC(CC(C)C(C)(C)C)NCCC. The van der Waals surface area contributed by atoms with Gasteiger partial charge in [0.25, 0.3) is 0 Å². The minimum atomic E-state index is 0.438. The van der Waals surface area contributed by atoms with E-state index in [1.165, 1.54) is 64.3 Å². The van der Waals surface area contributed by atoms with Gasteiger partial charge in [-0.2, -0.15) is 0 Å². The molecule has 0 heterocycles. The van der Waals surface area contributed by atoms with Gasteiger partial charge in [-0.05, 0) is 37.1 Å². The Balaban J connectivity index is 3.96. The quantitative estimate of drug-likeness (QED) is 0.422. The normalized spacial score (nSPS) is 15.3. The smallest absolute Gasteiger partial charge is 0.00697 e. The Labute approximate surface area is 129 Å². The Morgan fingerprint density at radius 3 is 2.00 bits per heavy atom. The summed E-state index contributed by atoms with van der Waals surface area (Å²) < 4.78 is 0. The predicted molar refractivity (Wildman–Crippen MR) is 93.3 cm³/mol. The Morgan fingerprint density at radius 1 is 0.850 bits per heavy atom. The van der Waals surface area contributed by atoms with E-state index < -0.39 is 0 Å². The van der Waals surface area contributed by atoms with Gasteiger partial charge in [-0.3, -0.25) is 0 Å². The van der Waals surface area contributed by atoms with Crippen LogP contribution in [0.3, 0.4) is 0 Å². The minimum absolute atomic E-state index is 0.438. The fraction of sp³-hybridized carbons (Fsp3) is 1.00. The molecule has 0 radical (unpaired) electrons. The van der Waals surface area contributed by atoms with Crippen molar-refractivity contribution in [1.29, 1.82) is 0 Å². The predicted octanol–water partition coefficient (Wildman–Crippen LogP) is 6.18. The average molecular weight is 284 g/mol. The van der Waals surface area contributed by atoms with Gasteiger partial charge < -0.3 is 5.32 Å². The molecule has 0 aromatic heterocycles. The van der Waals surface area contributed by atoms with Crippen LogP contribution >= 0.6 is 0 Å². The van der Waals surface area contributed by atoms with Crippen LogP contribution in [-0.2, 0) is 0 Å². The highest BCUT2D eigenvalue weighted by atomic mass is 14.9. The van der Waals surface area contributed by atoms with E-state index in [0.717, 1.165) is 12.0 Å². The van der Waals surface area contributed by atoms with E-state index in [4.69, 9.17) is 0 Å². The Bertz CT molecular complexity index is 204. The number of unbranched alkanes of at least 4 members (excludes halogenated alkanes) is 5. The highest BCUT2D eigenvalue weighted by molar-refractivity contribution is 4.77. The first kappa shape index (κ1) is 20.0. The number of hydrogen-bond donors (Lipinski definition) is 1. The largest absolute Gasteiger partial charge is 0.314 e. The lowest BCUT2D eigenvalue weighted by molar-refractivity contribution is 0.217. The molecule has 0 amide bonds. The van der Waals surface area contributed by atoms with Gasteiger partial charge in [0.2, 0.25) is 0 Å². The van der Waals surface area contributed by atoms with Crippen LogP contribution in [0, 0.1) is 11.3 Å². The Morgan fingerprint density at radius 2 is 1.45 bits per heavy atom. The lowest BCUT2D eigenvalue weighted by atomic mass is 9.78. The third-order valence-corrected chi connectivity index (χ3v) is 4.71. The van der Waals surface area contributed by atoms with Gasteiger partial charge >= 0.3 is 0 Å². The van der Waals surface area contributed by atoms with E-state index in [1.54, 1.807) is 0 Å². The standard InChI is InChI=1S/C19H41N/c1-7-9-10-11-12-13-14-18(20-15-8-2)16-17(3)19(4,5)6/h17-18,20H,7-16H2,1-6H3. The first-order valence-corrected chi connectivity index (χ1v) is 9.15. The maximum absolute atomic E-state index is 3.77. The van der Waals surface area contributed by atoms with Crippen molar-refractivity contribution in [2.45, 2.75) is 105 Å². The lowest BCUT2D eigenvalue weighted by Gasteiger charge is -2.31. The summed E-state index contributed by atoms with van der Waals surface area (Å²) in [5.74, 6) is 0.789. The van der Waals surface area contributed by atoms with Crippen LogP contribution in [0.15, 0.2) is 0 Å². The van der Waals surface area contributed by atoms with Gasteiger partial charge in [-0.1, -0.05) is 80.1 Å². The zero-order chi connectivity index (χ0) is 15.4. The van der Waals surface area contributed by atoms with Gasteiger partial charge in [0.05, 0.1) is 0 Å². The molecule has 0 spiro atoms. The molecule has 0 aliphatic heterocycles. The zero-order valence-electron chi connectivity index (χ0n) is 15.2. The van der Waals surface area contributed by atoms with Crippen molar-refractivity contribution in [1.82, 2.24) is 5.32 Å². The van der Waals surface area contributed by atoms with E-state index in [-0.39, 0.29) is 0 Å². The molecular formula is C19H41N. The fourth-order valence-electron chi connectivity index (χ4n) is 2.60. The molecule has 20 heavy (non-hydrogen) atoms. The molecule has 0 saturated heterocycles. The molecule has 0 bridgehead atoms. The van der Waals surface area contributed by atoms with Crippen molar-refractivity contribution in [2.24, 2.45) is 11.3 Å². The lowest BCUT2D eigenvalue weighted by Crippen LogP contribution is -2.34. The van der Waals surface area contributed by atoms with Crippen molar-refractivity contribution < 1.29 is 0 Å². The van der Waals surface area contributed by atoms with Crippen LogP contribution in [0.5, 0.6) is 0 Å². The second kappa shape index (κ2) is 11.6. The van der Waals surface area contributed by atoms with Crippen LogP contribution in [0.2, 0.25) is 0 Å². The number of rotatable bonds is 12. The number of hydrogen-bond acceptors (Lipinski definition) is 1. The zero-order valence-corrected chi connectivity index (χ0v) is 15.2. The van der Waals surface area contributed by atoms with E-state index in [9.17, 15) is 0 Å². The van der Waals surface area contributed by atoms with Crippen LogP contribution in [0.1, 0.15) is 99.3 Å². The molecule has 0 rings (SSSR count). The maximum Gasteiger partial charge on any atom is 0.00697 e. The van der Waals surface area contributed by atoms with Crippen LogP contribution in [0.4, 0.5) is 0 Å². The summed E-state index contributed by atoms with van der Waals surface area (Å²) in [6.07, 6.45) is 12.4. The topological polar surface area (TPSA) is 12.0 Å². The molecule has 1 N–H and O–H groups in total. The second-order valence-corrected chi connectivity index (χ2v) is 7.71. The minimum Gasteiger partial charge on any atom is -0.314 e. The monoisotopic (exact) mass is 283 g/mol. The van der Waals surface area contributed by atoms with Crippen molar-refractivity contribution in [3.05, 3.63) is 0 Å². The fourth-order valence-corrected chi connectivity index (χ4v) is 2.60. The summed E-state index contributed by atoms with van der Waals surface area (Å²) >= 11 is 0. The van der Waals surface area contributed by atoms with Crippen molar-refractivity contribution >= 4 is 0 Å². The second-order valence-electron chi connectivity index (χ2n) is 7.71. The summed E-state index contributed by atoms with van der Waals surface area (Å²) in [4.78, 5) is 0. The van der Waals surface area contributed by atoms with Crippen LogP contribution in [-0.4, -0.2) is 12.6 Å². The van der Waals surface area contributed by atoms with Gasteiger partial charge in [0.15, 0.2) is 0 Å². The van der Waals surface area contributed by atoms with Crippen LogP contribution < -0.4 is 5.32 Å². The van der Waals surface area contributed by atoms with E-state index in [1.807, 2.05) is 0 Å². The first-order chi connectivity index (χ1) is 9.41. The summed E-state index contributed by atoms with van der Waals surface area (Å²) in [5, 5.41) is 3.77. The summed E-state index contributed by atoms with van der Waals surface area (Å²) in [6.45, 7) is 15.3. The molecule has 0 aromatic carbocycles. The van der Waals surface area contributed by atoms with Crippen molar-refractivity contribution in [3.63, 3.8) is 0 Å². The van der Waals surface area contributed by atoms with Crippen molar-refractivity contribution in [2.75, 3.05) is 6.54 Å². The van der Waals surface area contributed by atoms with Crippen molar-refractivity contribution in [3.8, 4) is 0 Å². The third-order valence-electron chi connectivity index (χ3n) is 4.71. The van der Waals surface area contributed by atoms with Gasteiger partial charge in [0, 0.05) is 6.04 Å². The Hall–Kier alpha value is -0.0400. The first-order valence-electron chi connectivity index (χ1n) is 9.15. The summed E-state index contributed by atoms with van der Waals surface area (Å²) in [6, 6.07) is 0.732. The molecule has 2 unspecified atom stereocenters. The third kappa shape index (κ3) is 10.7. The highest BCUT2D eigenvalue weighted by Crippen LogP contribution is 2.30. The molecule has 0 aliphatic rings. The molecule has 1 heteroatoms. The highest BCUT2D eigenvalue weighted by Gasteiger charge is 2.23. The van der Waals surface area contributed by atoms with E-state index in [2.05, 4.69) is 46.9 Å². The average Bonchev–Trinajstić information content (AvgIpc) is 2.38. The van der Waals surface area contributed by atoms with E-state index in [0.29, 0.717) is 5.41 Å². The van der Waals surface area contributed by atoms with E-state index >= 15 is 0 Å². The maximum atomic E-state index is 3.77. The molecule has 122 valence electrons. The summed E-state index contributed by atoms with van der Waals surface area (Å²) in [5.41, 5.74) is 0.438. The van der Waals surface area contributed by atoms with Gasteiger partial charge in [0.1, 0.15) is 0 Å². The molecule has 0 saturated carbocycles. The van der Waals surface area contributed by atoms with Crippen LogP contribution in [0.25, 0.3) is 0 Å².